The Bertz CT molecular complexity index is 813. The maximum absolute atomic E-state index is 10.5. The molecule has 114 valence electrons. The Labute approximate surface area is 134 Å². The first kappa shape index (κ1) is 14.9. The first-order chi connectivity index (χ1) is 10.4. The fraction of sp³-hybridized carbons (Fsp3) is 0.278. The molecule has 3 nitrogen and oxygen atoms in total. The Hall–Kier alpha value is -2.07. The zero-order valence-electron chi connectivity index (χ0n) is 13.2. The van der Waals surface area contributed by atoms with E-state index in [9.17, 15) is 5.11 Å². The van der Waals surface area contributed by atoms with Gasteiger partial charge in [-0.15, -0.1) is 11.3 Å². The molecule has 2 aromatic heterocycles. The predicted molar refractivity (Wildman–Crippen MR) is 92.0 cm³/mol. The smallest absolute Gasteiger partial charge is 0.160 e. The van der Waals surface area contributed by atoms with Crippen molar-refractivity contribution in [2.75, 3.05) is 7.11 Å². The number of rotatable bonds is 2. The van der Waals surface area contributed by atoms with Gasteiger partial charge in [0.2, 0.25) is 0 Å². The third-order valence-electron chi connectivity index (χ3n) is 3.74. The van der Waals surface area contributed by atoms with E-state index in [0.29, 0.717) is 5.52 Å². The van der Waals surface area contributed by atoms with Crippen LogP contribution in [0.4, 0.5) is 0 Å². The van der Waals surface area contributed by atoms with Gasteiger partial charge in [-0.3, -0.25) is 4.98 Å². The van der Waals surface area contributed by atoms with Crippen LogP contribution in [0.25, 0.3) is 20.7 Å². The predicted octanol–water partition coefficient (Wildman–Crippen LogP) is 4.98. The Balaban J connectivity index is 2.12. The molecule has 3 rings (SSSR count). The summed E-state index contributed by atoms with van der Waals surface area (Å²) in [5.41, 5.74) is 2.98. The van der Waals surface area contributed by atoms with Crippen molar-refractivity contribution in [1.82, 2.24) is 4.98 Å². The summed E-state index contributed by atoms with van der Waals surface area (Å²) in [5, 5.41) is 10.5. The molecule has 22 heavy (non-hydrogen) atoms. The van der Waals surface area contributed by atoms with E-state index in [1.807, 2.05) is 6.07 Å². The largest absolute Gasteiger partial charge is 0.504 e. The van der Waals surface area contributed by atoms with Gasteiger partial charge in [-0.1, -0.05) is 45.0 Å². The fourth-order valence-corrected chi connectivity index (χ4v) is 3.58. The number of fused-ring (bicyclic) bond motifs is 1. The average molecular weight is 313 g/mol. The van der Waals surface area contributed by atoms with Gasteiger partial charge >= 0.3 is 0 Å². The molecule has 0 spiro atoms. The van der Waals surface area contributed by atoms with E-state index in [4.69, 9.17) is 4.74 Å². The van der Waals surface area contributed by atoms with E-state index < -0.39 is 0 Å². The van der Waals surface area contributed by atoms with E-state index in [0.717, 1.165) is 20.9 Å². The van der Waals surface area contributed by atoms with Crippen LogP contribution in [0.3, 0.4) is 0 Å². The number of methoxy groups -OCH3 is 1. The number of hydrogen-bond acceptors (Lipinski definition) is 4. The van der Waals surface area contributed by atoms with Crippen LogP contribution in [0.1, 0.15) is 26.3 Å². The minimum atomic E-state index is 0.117. The van der Waals surface area contributed by atoms with Gasteiger partial charge in [0, 0.05) is 6.20 Å². The number of thiophene rings is 1. The highest BCUT2D eigenvalue weighted by Gasteiger charge is 2.18. The highest BCUT2D eigenvalue weighted by Crippen LogP contribution is 2.45. The summed E-state index contributed by atoms with van der Waals surface area (Å²) >= 11 is 1.50. The van der Waals surface area contributed by atoms with E-state index in [2.05, 4.69) is 50.0 Å². The first-order valence-corrected chi connectivity index (χ1v) is 7.99. The lowest BCUT2D eigenvalue weighted by Gasteiger charge is -2.19. The number of benzene rings is 1. The Morgan fingerprint density at radius 1 is 1.09 bits per heavy atom. The lowest BCUT2D eigenvalue weighted by atomic mass is 9.86. The summed E-state index contributed by atoms with van der Waals surface area (Å²) in [6.45, 7) is 6.56. The van der Waals surface area contributed by atoms with Crippen molar-refractivity contribution in [1.29, 1.82) is 0 Å². The van der Waals surface area contributed by atoms with E-state index in [1.165, 1.54) is 16.9 Å². The molecule has 0 fully saturated rings. The monoisotopic (exact) mass is 313 g/mol. The summed E-state index contributed by atoms with van der Waals surface area (Å²) in [7, 11) is 1.63. The van der Waals surface area contributed by atoms with Crippen molar-refractivity contribution >= 4 is 21.6 Å². The Kier molecular flexibility index (Phi) is 3.57. The van der Waals surface area contributed by atoms with Gasteiger partial charge in [0.05, 0.1) is 16.7 Å². The number of pyridine rings is 1. The van der Waals surface area contributed by atoms with Crippen LogP contribution in [-0.4, -0.2) is 17.2 Å². The molecule has 0 saturated carbocycles. The quantitative estimate of drug-likeness (QED) is 0.726. The molecular formula is C18H19NO2S. The summed E-state index contributed by atoms with van der Waals surface area (Å²) in [5.74, 6) is 0.963. The van der Waals surface area contributed by atoms with Gasteiger partial charge in [0.25, 0.3) is 0 Å². The number of nitrogens with zero attached hydrogens (tertiary/aromatic N) is 1. The SMILES string of the molecule is COc1ccnc2c(O)c(-c3ccc(C(C)(C)C)cc3)sc12. The molecule has 2 heterocycles. The lowest BCUT2D eigenvalue weighted by Crippen LogP contribution is -2.10. The van der Waals surface area contributed by atoms with Crippen molar-refractivity contribution in [3.05, 3.63) is 42.1 Å². The molecule has 3 aromatic rings. The molecule has 1 aromatic carbocycles. The van der Waals surface area contributed by atoms with Gasteiger partial charge in [0.15, 0.2) is 5.75 Å². The lowest BCUT2D eigenvalue weighted by molar-refractivity contribution is 0.420. The van der Waals surface area contributed by atoms with Gasteiger partial charge in [-0.05, 0) is 22.6 Å². The summed E-state index contributed by atoms with van der Waals surface area (Å²) in [6.07, 6.45) is 1.65. The number of aromatic hydroxyl groups is 1. The first-order valence-electron chi connectivity index (χ1n) is 7.17. The molecule has 0 unspecified atom stereocenters. The van der Waals surface area contributed by atoms with E-state index in [1.54, 1.807) is 13.3 Å². The van der Waals surface area contributed by atoms with Crippen LogP contribution >= 0.6 is 11.3 Å². The minimum Gasteiger partial charge on any atom is -0.504 e. The molecule has 0 atom stereocenters. The zero-order valence-corrected chi connectivity index (χ0v) is 14.0. The standard InChI is InChI=1S/C18H19NO2S/c1-18(2,3)12-7-5-11(6-8-12)16-15(20)14-17(22-16)13(21-4)9-10-19-14/h5-10,20H,1-4H3. The second-order valence-electron chi connectivity index (χ2n) is 6.30. The normalized spacial score (nSPS) is 11.8. The van der Waals surface area contributed by atoms with E-state index >= 15 is 0 Å². The average Bonchev–Trinajstić information content (AvgIpc) is 2.84. The molecule has 1 N–H and O–H groups in total. The van der Waals surface area contributed by atoms with Gasteiger partial charge in [-0.2, -0.15) is 0 Å². The van der Waals surface area contributed by atoms with Crippen LogP contribution < -0.4 is 4.74 Å². The second-order valence-corrected chi connectivity index (χ2v) is 7.32. The van der Waals surface area contributed by atoms with E-state index in [-0.39, 0.29) is 11.2 Å². The van der Waals surface area contributed by atoms with Crippen molar-refractivity contribution in [2.24, 2.45) is 0 Å². The highest BCUT2D eigenvalue weighted by molar-refractivity contribution is 7.23. The zero-order chi connectivity index (χ0) is 15.9. The third-order valence-corrected chi connectivity index (χ3v) is 4.98. The van der Waals surface area contributed by atoms with Gasteiger partial charge in [-0.25, -0.2) is 0 Å². The van der Waals surface area contributed by atoms with Crippen LogP contribution in [0.15, 0.2) is 36.5 Å². The van der Waals surface area contributed by atoms with Gasteiger partial charge < -0.3 is 9.84 Å². The fourth-order valence-electron chi connectivity index (χ4n) is 2.43. The van der Waals surface area contributed by atoms with Crippen LogP contribution in [0, 0.1) is 0 Å². The second kappa shape index (κ2) is 5.29. The van der Waals surface area contributed by atoms with Crippen molar-refractivity contribution in [3.63, 3.8) is 0 Å². The highest BCUT2D eigenvalue weighted by atomic mass is 32.1. The van der Waals surface area contributed by atoms with Crippen molar-refractivity contribution in [2.45, 2.75) is 26.2 Å². The summed E-state index contributed by atoms with van der Waals surface area (Å²) in [4.78, 5) is 5.10. The van der Waals surface area contributed by atoms with Crippen LogP contribution in [0.2, 0.25) is 0 Å². The number of aromatic nitrogens is 1. The molecule has 0 amide bonds. The molecule has 0 aliphatic heterocycles. The number of ether oxygens (including phenoxy) is 1. The van der Waals surface area contributed by atoms with Crippen molar-refractivity contribution < 1.29 is 9.84 Å². The van der Waals surface area contributed by atoms with Gasteiger partial charge in [0.1, 0.15) is 11.3 Å². The topological polar surface area (TPSA) is 42.4 Å². The molecule has 0 bridgehead atoms. The molecular weight excluding hydrogens is 294 g/mol. The molecule has 0 radical (unpaired) electrons. The molecule has 0 aliphatic rings. The maximum atomic E-state index is 10.5. The molecule has 4 heteroatoms. The Morgan fingerprint density at radius 3 is 2.36 bits per heavy atom. The Morgan fingerprint density at radius 2 is 1.77 bits per heavy atom. The third kappa shape index (κ3) is 2.44. The minimum absolute atomic E-state index is 0.117. The molecule has 0 saturated heterocycles. The van der Waals surface area contributed by atoms with Crippen LogP contribution in [-0.2, 0) is 5.41 Å². The summed E-state index contributed by atoms with van der Waals surface area (Å²) in [6, 6.07) is 10.1. The van der Waals surface area contributed by atoms with Crippen molar-refractivity contribution in [3.8, 4) is 21.9 Å². The number of hydrogen-bond donors (Lipinski definition) is 1. The summed E-state index contributed by atoms with van der Waals surface area (Å²) < 4.78 is 6.23. The maximum Gasteiger partial charge on any atom is 0.160 e. The molecule has 0 aliphatic carbocycles. The van der Waals surface area contributed by atoms with Crippen LogP contribution in [0.5, 0.6) is 11.5 Å².